The second kappa shape index (κ2) is 7.55. The van der Waals surface area contributed by atoms with E-state index in [0.717, 1.165) is 35.1 Å². The van der Waals surface area contributed by atoms with Crippen molar-refractivity contribution in [1.29, 1.82) is 5.26 Å². The van der Waals surface area contributed by atoms with Gasteiger partial charge in [0.25, 0.3) is 0 Å². The summed E-state index contributed by atoms with van der Waals surface area (Å²) in [7, 11) is -1.98. The summed E-state index contributed by atoms with van der Waals surface area (Å²) in [5, 5.41) is 8.87. The lowest BCUT2D eigenvalue weighted by atomic mass is 9.99. The Morgan fingerprint density at radius 2 is 1.97 bits per heavy atom. The molecule has 1 N–H and O–H groups in total. The molecular weight excluding hydrogens is 402 g/mol. The summed E-state index contributed by atoms with van der Waals surface area (Å²) in [5.74, 6) is -0.316. The molecule has 1 atom stereocenters. The molecule has 0 radical (unpaired) electrons. The van der Waals surface area contributed by atoms with E-state index >= 15 is 0 Å². The first kappa shape index (κ1) is 20.1. The lowest BCUT2D eigenvalue weighted by Crippen LogP contribution is -2.48. The Balaban J connectivity index is 1.59. The van der Waals surface area contributed by atoms with Gasteiger partial charge in [-0.3, -0.25) is 4.79 Å². The van der Waals surface area contributed by atoms with E-state index in [1.165, 1.54) is 31.2 Å². The van der Waals surface area contributed by atoms with Crippen molar-refractivity contribution in [3.05, 3.63) is 53.9 Å². The Morgan fingerprint density at radius 1 is 1.23 bits per heavy atom. The van der Waals surface area contributed by atoms with E-state index in [1.54, 1.807) is 11.2 Å². The summed E-state index contributed by atoms with van der Waals surface area (Å²) < 4.78 is 29.7. The van der Waals surface area contributed by atoms with Crippen LogP contribution >= 0.6 is 0 Å². The molecule has 8 nitrogen and oxygen atoms in total. The van der Waals surface area contributed by atoms with Gasteiger partial charge in [0, 0.05) is 24.8 Å². The normalized spacial score (nSPS) is 14.9. The van der Waals surface area contributed by atoms with Crippen molar-refractivity contribution < 1.29 is 13.2 Å². The maximum atomic E-state index is 13.1. The number of anilines is 1. The molecule has 1 aromatic heterocycles. The van der Waals surface area contributed by atoms with Crippen LogP contribution < -0.4 is 9.62 Å². The number of aryl methyl sites for hydroxylation is 2. The topological polar surface area (TPSA) is 108 Å². The number of aromatic nitrogens is 2. The average molecular weight is 423 g/mol. The predicted molar refractivity (Wildman–Crippen MR) is 112 cm³/mol. The van der Waals surface area contributed by atoms with Gasteiger partial charge >= 0.3 is 0 Å². The number of amides is 1. The summed E-state index contributed by atoms with van der Waals surface area (Å²) in [4.78, 5) is 19.3. The number of sulfonamides is 1. The molecule has 1 amide bonds. The molecule has 2 heterocycles. The summed E-state index contributed by atoms with van der Waals surface area (Å²) in [6, 6.07) is 10.4. The number of carbonyl (C=O) groups is 1. The number of hydrogen-bond donors (Lipinski definition) is 1. The molecular formula is C21H21N5O3S. The van der Waals surface area contributed by atoms with Gasteiger partial charge in [0.05, 0.1) is 39.9 Å². The quantitative estimate of drug-likeness (QED) is 0.691. The number of nitrogens with zero attached hydrogens (tertiary/aromatic N) is 4. The third-order valence-electron chi connectivity index (χ3n) is 5.34. The average Bonchev–Trinajstić information content (AvgIpc) is 3.13. The first-order valence-corrected chi connectivity index (χ1v) is 11.1. The predicted octanol–water partition coefficient (Wildman–Crippen LogP) is 2.09. The highest BCUT2D eigenvalue weighted by atomic mass is 32.2. The fraction of sp³-hybridized carbons (Fsp3) is 0.286. The van der Waals surface area contributed by atoms with Crippen molar-refractivity contribution in [3.8, 4) is 6.07 Å². The van der Waals surface area contributed by atoms with Crippen molar-refractivity contribution in [3.63, 3.8) is 0 Å². The molecule has 2 aromatic carbocycles. The number of carbonyl (C=O) groups excluding carboxylic acids is 1. The summed E-state index contributed by atoms with van der Waals surface area (Å²) in [6.07, 6.45) is 3.35. The zero-order valence-corrected chi connectivity index (χ0v) is 17.5. The molecule has 1 aliphatic heterocycles. The second-order valence-electron chi connectivity index (χ2n) is 7.36. The molecule has 3 aromatic rings. The Kier molecular flexibility index (Phi) is 5.05. The van der Waals surface area contributed by atoms with Gasteiger partial charge in [0.15, 0.2) is 0 Å². The molecule has 1 unspecified atom stereocenters. The minimum absolute atomic E-state index is 0.00962. The van der Waals surface area contributed by atoms with Gasteiger partial charge in [0.2, 0.25) is 15.9 Å². The van der Waals surface area contributed by atoms with Gasteiger partial charge in [0.1, 0.15) is 0 Å². The maximum absolute atomic E-state index is 13.1. The van der Waals surface area contributed by atoms with Crippen LogP contribution in [-0.2, 0) is 28.3 Å². The highest BCUT2D eigenvalue weighted by Gasteiger charge is 2.30. The first-order chi connectivity index (χ1) is 14.3. The molecule has 0 spiro atoms. The monoisotopic (exact) mass is 423 g/mol. The number of rotatable bonds is 4. The summed E-state index contributed by atoms with van der Waals surface area (Å²) in [6.45, 7) is 2.06. The van der Waals surface area contributed by atoms with E-state index in [0.29, 0.717) is 12.1 Å². The smallest absolute Gasteiger partial charge is 0.244 e. The van der Waals surface area contributed by atoms with Gasteiger partial charge in [-0.05, 0) is 56.2 Å². The maximum Gasteiger partial charge on any atom is 0.244 e. The number of fused-ring (bicyclic) bond motifs is 3. The van der Waals surface area contributed by atoms with Crippen molar-refractivity contribution in [2.24, 2.45) is 7.05 Å². The van der Waals surface area contributed by atoms with Crippen molar-refractivity contribution in [2.75, 3.05) is 11.4 Å². The molecule has 9 heteroatoms. The zero-order valence-electron chi connectivity index (χ0n) is 16.7. The van der Waals surface area contributed by atoms with E-state index in [1.807, 2.05) is 29.8 Å². The van der Waals surface area contributed by atoms with E-state index in [2.05, 4.69) is 9.71 Å². The molecule has 0 aliphatic carbocycles. The van der Waals surface area contributed by atoms with Crippen LogP contribution in [0.3, 0.4) is 0 Å². The minimum Gasteiger partial charge on any atom is -0.334 e. The van der Waals surface area contributed by atoms with Crippen molar-refractivity contribution >= 4 is 32.7 Å². The highest BCUT2D eigenvalue weighted by molar-refractivity contribution is 7.89. The molecule has 0 saturated heterocycles. The zero-order chi connectivity index (χ0) is 21.5. The Morgan fingerprint density at radius 3 is 2.67 bits per heavy atom. The van der Waals surface area contributed by atoms with Gasteiger partial charge in [-0.25, -0.2) is 13.4 Å². The van der Waals surface area contributed by atoms with Gasteiger partial charge in [-0.15, -0.1) is 0 Å². The lowest BCUT2D eigenvalue weighted by molar-refractivity contribution is -0.119. The Hall–Kier alpha value is -3.22. The van der Waals surface area contributed by atoms with Crippen molar-refractivity contribution in [2.45, 2.75) is 30.7 Å². The molecule has 30 heavy (non-hydrogen) atoms. The SMILES string of the molecule is CC(NS(=O)(=O)c1ccc(C#N)cc1)C(=O)N1CCCc2c1ccc1c2ncn1C. The molecule has 0 fully saturated rings. The van der Waals surface area contributed by atoms with Crippen LogP contribution in [0.2, 0.25) is 0 Å². The highest BCUT2D eigenvalue weighted by Crippen LogP contribution is 2.33. The fourth-order valence-corrected chi connectivity index (χ4v) is 5.00. The Labute approximate surface area is 174 Å². The van der Waals surface area contributed by atoms with Crippen molar-refractivity contribution in [1.82, 2.24) is 14.3 Å². The largest absolute Gasteiger partial charge is 0.334 e. The van der Waals surface area contributed by atoms with E-state index < -0.39 is 16.1 Å². The summed E-state index contributed by atoms with van der Waals surface area (Å²) in [5.41, 5.74) is 4.02. The number of nitriles is 1. The van der Waals surface area contributed by atoms with Crippen LogP contribution in [0.4, 0.5) is 5.69 Å². The number of benzene rings is 2. The number of hydrogen-bond acceptors (Lipinski definition) is 5. The van der Waals surface area contributed by atoms with E-state index in [-0.39, 0.29) is 10.8 Å². The lowest BCUT2D eigenvalue weighted by Gasteiger charge is -2.31. The third kappa shape index (κ3) is 3.44. The second-order valence-corrected chi connectivity index (χ2v) is 9.07. The van der Waals surface area contributed by atoms with Gasteiger partial charge < -0.3 is 9.47 Å². The molecule has 1 aliphatic rings. The van der Waals surface area contributed by atoms with Crippen LogP contribution in [0, 0.1) is 11.3 Å². The first-order valence-electron chi connectivity index (χ1n) is 9.58. The minimum atomic E-state index is -3.90. The summed E-state index contributed by atoms with van der Waals surface area (Å²) >= 11 is 0. The van der Waals surface area contributed by atoms with Crippen LogP contribution in [0.5, 0.6) is 0 Å². The molecule has 0 saturated carbocycles. The van der Waals surface area contributed by atoms with Crippen LogP contribution in [0.25, 0.3) is 11.0 Å². The van der Waals surface area contributed by atoms with E-state index in [9.17, 15) is 13.2 Å². The van der Waals surface area contributed by atoms with Gasteiger partial charge in [-0.1, -0.05) is 0 Å². The molecule has 4 rings (SSSR count). The van der Waals surface area contributed by atoms with E-state index in [4.69, 9.17) is 5.26 Å². The fourth-order valence-electron chi connectivity index (χ4n) is 3.80. The van der Waals surface area contributed by atoms with Gasteiger partial charge in [-0.2, -0.15) is 9.98 Å². The standard InChI is InChI=1S/C21H21N5O3S/c1-14(24-30(28,29)16-7-5-15(12-22)6-8-16)21(27)26-11-3-4-17-18(26)9-10-19-20(17)23-13-25(19)2/h5-10,13-14,24H,3-4,11H2,1-2H3. The number of nitrogens with one attached hydrogen (secondary N) is 1. The van der Waals surface area contributed by atoms with Crippen LogP contribution in [0.1, 0.15) is 24.5 Å². The van der Waals surface area contributed by atoms with Crippen LogP contribution in [0.15, 0.2) is 47.6 Å². The molecule has 154 valence electrons. The molecule has 0 bridgehead atoms. The number of imidazole rings is 1. The third-order valence-corrected chi connectivity index (χ3v) is 6.89. The Bertz CT molecular complexity index is 1270. The van der Waals surface area contributed by atoms with Crippen LogP contribution in [-0.4, -0.2) is 36.5 Å².